The molecule has 0 aliphatic carbocycles. The Balaban J connectivity index is 2.46. The minimum Gasteiger partial charge on any atom is -0.493 e. The first-order chi connectivity index (χ1) is 9.70. The SMILES string of the molecule is COCCOCCCOc1cccc(Br)c1/C(N)=N/O. The summed E-state index contributed by atoms with van der Waals surface area (Å²) in [5.74, 6) is 0.565. The van der Waals surface area contributed by atoms with Crippen molar-refractivity contribution in [3.63, 3.8) is 0 Å². The van der Waals surface area contributed by atoms with Gasteiger partial charge in [-0.2, -0.15) is 0 Å². The highest BCUT2D eigenvalue weighted by Gasteiger charge is 2.12. The van der Waals surface area contributed by atoms with Gasteiger partial charge in [0.15, 0.2) is 5.84 Å². The van der Waals surface area contributed by atoms with Crippen LogP contribution in [0.4, 0.5) is 0 Å². The van der Waals surface area contributed by atoms with Gasteiger partial charge in [-0.15, -0.1) is 0 Å². The summed E-state index contributed by atoms with van der Waals surface area (Å²) in [6, 6.07) is 5.39. The molecule has 0 saturated heterocycles. The third-order valence-corrected chi connectivity index (χ3v) is 3.12. The van der Waals surface area contributed by atoms with E-state index in [1.807, 2.05) is 6.07 Å². The van der Waals surface area contributed by atoms with Crippen molar-refractivity contribution in [1.82, 2.24) is 0 Å². The maximum Gasteiger partial charge on any atom is 0.174 e. The zero-order valence-corrected chi connectivity index (χ0v) is 12.9. The summed E-state index contributed by atoms with van der Waals surface area (Å²) < 4.78 is 16.5. The summed E-state index contributed by atoms with van der Waals surface area (Å²) in [4.78, 5) is 0. The Hall–Kier alpha value is -1.31. The molecular formula is C13H19BrN2O4. The molecule has 0 saturated carbocycles. The van der Waals surface area contributed by atoms with E-state index in [9.17, 15) is 0 Å². The average Bonchev–Trinajstić information content (AvgIpc) is 2.45. The lowest BCUT2D eigenvalue weighted by Crippen LogP contribution is -2.16. The first kappa shape index (κ1) is 16.7. The molecule has 0 radical (unpaired) electrons. The van der Waals surface area contributed by atoms with Gasteiger partial charge >= 0.3 is 0 Å². The number of nitrogens with zero attached hydrogens (tertiary/aromatic N) is 1. The van der Waals surface area contributed by atoms with Crippen LogP contribution in [0.3, 0.4) is 0 Å². The van der Waals surface area contributed by atoms with Gasteiger partial charge in [-0.05, 0) is 28.1 Å². The number of rotatable bonds is 9. The average molecular weight is 347 g/mol. The minimum absolute atomic E-state index is 0.00354. The Labute approximate surface area is 126 Å². The van der Waals surface area contributed by atoms with Gasteiger partial charge in [0.1, 0.15) is 5.75 Å². The van der Waals surface area contributed by atoms with Crippen molar-refractivity contribution in [2.45, 2.75) is 6.42 Å². The Morgan fingerprint density at radius 3 is 2.80 bits per heavy atom. The zero-order chi connectivity index (χ0) is 14.8. The van der Waals surface area contributed by atoms with Gasteiger partial charge in [0.25, 0.3) is 0 Å². The van der Waals surface area contributed by atoms with E-state index in [1.165, 1.54) is 0 Å². The van der Waals surface area contributed by atoms with Crippen LogP contribution in [0.2, 0.25) is 0 Å². The predicted molar refractivity (Wildman–Crippen MR) is 79.5 cm³/mol. The second-order valence-electron chi connectivity index (χ2n) is 3.91. The van der Waals surface area contributed by atoms with Gasteiger partial charge in [-0.25, -0.2) is 0 Å². The molecule has 0 fully saturated rings. The topological polar surface area (TPSA) is 86.3 Å². The first-order valence-corrected chi connectivity index (χ1v) is 6.96. The molecule has 1 rings (SSSR count). The summed E-state index contributed by atoms with van der Waals surface area (Å²) in [6.45, 7) is 2.23. The number of benzene rings is 1. The molecular weight excluding hydrogens is 328 g/mol. The molecule has 1 aromatic carbocycles. The molecule has 20 heavy (non-hydrogen) atoms. The van der Waals surface area contributed by atoms with E-state index in [4.69, 9.17) is 25.2 Å². The highest BCUT2D eigenvalue weighted by Crippen LogP contribution is 2.26. The van der Waals surface area contributed by atoms with E-state index in [-0.39, 0.29) is 5.84 Å². The predicted octanol–water partition coefficient (Wildman–Crippen LogP) is 1.98. The molecule has 3 N–H and O–H groups in total. The fraction of sp³-hybridized carbons (Fsp3) is 0.462. The van der Waals surface area contributed by atoms with Gasteiger partial charge < -0.3 is 25.2 Å². The van der Waals surface area contributed by atoms with Gasteiger partial charge in [-0.3, -0.25) is 0 Å². The van der Waals surface area contributed by atoms with Gasteiger partial charge in [0.2, 0.25) is 0 Å². The summed E-state index contributed by atoms with van der Waals surface area (Å²) in [6.07, 6.45) is 0.742. The van der Waals surface area contributed by atoms with E-state index in [0.29, 0.717) is 42.2 Å². The number of hydrogen-bond acceptors (Lipinski definition) is 5. The summed E-state index contributed by atoms with van der Waals surface area (Å²) in [5, 5.41) is 11.8. The molecule has 0 aliphatic heterocycles. The Bertz CT molecular complexity index is 440. The molecule has 0 unspecified atom stereocenters. The fourth-order valence-electron chi connectivity index (χ4n) is 1.51. The van der Waals surface area contributed by atoms with E-state index in [1.54, 1.807) is 19.2 Å². The third kappa shape index (κ3) is 5.36. The van der Waals surface area contributed by atoms with E-state index >= 15 is 0 Å². The van der Waals surface area contributed by atoms with Crippen molar-refractivity contribution < 1.29 is 19.4 Å². The molecule has 0 atom stereocenters. The Morgan fingerprint density at radius 2 is 2.10 bits per heavy atom. The van der Waals surface area contributed by atoms with Crippen LogP contribution in [-0.2, 0) is 9.47 Å². The maximum atomic E-state index is 8.78. The molecule has 7 heteroatoms. The van der Waals surface area contributed by atoms with Crippen LogP contribution in [0.5, 0.6) is 5.75 Å². The third-order valence-electron chi connectivity index (χ3n) is 2.46. The monoisotopic (exact) mass is 346 g/mol. The smallest absolute Gasteiger partial charge is 0.174 e. The summed E-state index contributed by atoms with van der Waals surface area (Å²) in [5.41, 5.74) is 6.17. The van der Waals surface area contributed by atoms with Crippen LogP contribution in [-0.4, -0.2) is 44.6 Å². The largest absolute Gasteiger partial charge is 0.493 e. The summed E-state index contributed by atoms with van der Waals surface area (Å²) >= 11 is 3.35. The van der Waals surface area contributed by atoms with Gasteiger partial charge in [0, 0.05) is 24.6 Å². The molecule has 0 bridgehead atoms. The highest BCUT2D eigenvalue weighted by atomic mass is 79.9. The lowest BCUT2D eigenvalue weighted by atomic mass is 10.2. The summed E-state index contributed by atoms with van der Waals surface area (Å²) in [7, 11) is 1.63. The molecule has 6 nitrogen and oxygen atoms in total. The lowest BCUT2D eigenvalue weighted by Gasteiger charge is -2.12. The van der Waals surface area contributed by atoms with Crippen molar-refractivity contribution in [3.8, 4) is 5.75 Å². The van der Waals surface area contributed by atoms with Crippen molar-refractivity contribution in [3.05, 3.63) is 28.2 Å². The van der Waals surface area contributed by atoms with E-state index in [2.05, 4.69) is 21.1 Å². The second-order valence-corrected chi connectivity index (χ2v) is 4.76. The molecule has 0 amide bonds. The van der Waals surface area contributed by atoms with Gasteiger partial charge in [0.05, 0.1) is 25.4 Å². The standard InChI is InChI=1S/C13H19BrN2O4/c1-18-8-9-19-6-3-7-20-11-5-2-4-10(14)12(11)13(15)16-17/h2,4-5,17H,3,6-9H2,1H3,(H2,15,16). The molecule has 0 heterocycles. The highest BCUT2D eigenvalue weighted by molar-refractivity contribution is 9.10. The minimum atomic E-state index is 0.00354. The molecule has 0 aromatic heterocycles. The quantitative estimate of drug-likeness (QED) is 0.235. The van der Waals surface area contributed by atoms with Crippen LogP contribution in [0, 0.1) is 0 Å². The van der Waals surface area contributed by atoms with E-state index < -0.39 is 0 Å². The normalized spacial score (nSPS) is 11.6. The van der Waals surface area contributed by atoms with E-state index in [0.717, 1.165) is 6.42 Å². The fourth-order valence-corrected chi connectivity index (χ4v) is 2.06. The van der Waals surface area contributed by atoms with Gasteiger partial charge in [-0.1, -0.05) is 11.2 Å². The number of ether oxygens (including phenoxy) is 3. The molecule has 0 aliphatic rings. The Kier molecular flexibility index (Phi) is 8.01. The van der Waals surface area contributed by atoms with Crippen LogP contribution in [0.1, 0.15) is 12.0 Å². The number of amidine groups is 1. The van der Waals surface area contributed by atoms with Crippen molar-refractivity contribution in [2.75, 3.05) is 33.5 Å². The zero-order valence-electron chi connectivity index (χ0n) is 11.3. The van der Waals surface area contributed by atoms with Crippen LogP contribution >= 0.6 is 15.9 Å². The van der Waals surface area contributed by atoms with Crippen molar-refractivity contribution in [2.24, 2.45) is 10.9 Å². The first-order valence-electron chi connectivity index (χ1n) is 6.16. The van der Waals surface area contributed by atoms with Crippen LogP contribution in [0.15, 0.2) is 27.8 Å². The van der Waals surface area contributed by atoms with Crippen molar-refractivity contribution >= 4 is 21.8 Å². The number of halogens is 1. The molecule has 1 aromatic rings. The molecule has 0 spiro atoms. The van der Waals surface area contributed by atoms with Crippen molar-refractivity contribution in [1.29, 1.82) is 0 Å². The number of methoxy groups -OCH3 is 1. The van der Waals surface area contributed by atoms with Crippen LogP contribution in [0.25, 0.3) is 0 Å². The number of oxime groups is 1. The maximum absolute atomic E-state index is 8.78. The lowest BCUT2D eigenvalue weighted by molar-refractivity contribution is 0.0644. The second kappa shape index (κ2) is 9.57. The number of nitrogens with two attached hydrogens (primary N) is 1. The Morgan fingerprint density at radius 1 is 1.30 bits per heavy atom. The number of hydrogen-bond donors (Lipinski definition) is 2. The van der Waals surface area contributed by atoms with Crippen LogP contribution < -0.4 is 10.5 Å². The molecule has 112 valence electrons.